The van der Waals surface area contributed by atoms with Crippen LogP contribution in [-0.4, -0.2) is 38.0 Å². The molecule has 1 unspecified atom stereocenters. The number of hydrogen-bond acceptors (Lipinski definition) is 3. The molecule has 0 fully saturated rings. The van der Waals surface area contributed by atoms with Crippen LogP contribution >= 0.6 is 15.9 Å². The Kier molecular flexibility index (Phi) is 4.13. The molecule has 3 aromatic rings. The van der Waals surface area contributed by atoms with Gasteiger partial charge in [0.2, 0.25) is 0 Å². The van der Waals surface area contributed by atoms with Crippen molar-refractivity contribution in [1.82, 2.24) is 19.5 Å². The summed E-state index contributed by atoms with van der Waals surface area (Å²) in [6.45, 7) is 2.66. The van der Waals surface area contributed by atoms with Gasteiger partial charge in [-0.15, -0.1) is 0 Å². The molecule has 2 aromatic heterocycles. The summed E-state index contributed by atoms with van der Waals surface area (Å²) in [7, 11) is 0. The smallest absolute Gasteiger partial charge is 0.275 e. The van der Waals surface area contributed by atoms with Gasteiger partial charge in [0, 0.05) is 31.0 Å². The van der Waals surface area contributed by atoms with Crippen LogP contribution in [0.15, 0.2) is 59.3 Å². The predicted molar refractivity (Wildman–Crippen MR) is 100 cm³/mol. The summed E-state index contributed by atoms with van der Waals surface area (Å²) in [5.74, 6) is -0.0596. The molecule has 4 rings (SSSR count). The van der Waals surface area contributed by atoms with Crippen molar-refractivity contribution in [3.05, 3.63) is 70.6 Å². The van der Waals surface area contributed by atoms with Crippen LogP contribution in [0.5, 0.6) is 0 Å². The van der Waals surface area contributed by atoms with E-state index >= 15 is 0 Å². The largest absolute Gasteiger partial charge is 0.330 e. The lowest BCUT2D eigenvalue weighted by Crippen LogP contribution is -2.41. The summed E-state index contributed by atoms with van der Waals surface area (Å²) < 4.78 is 2.45. The summed E-state index contributed by atoms with van der Waals surface area (Å²) in [5.41, 5.74) is 3.42. The second-order valence-corrected chi connectivity index (χ2v) is 7.13. The van der Waals surface area contributed by atoms with E-state index in [1.54, 1.807) is 23.0 Å². The Morgan fingerprint density at radius 3 is 2.88 bits per heavy atom. The number of carbonyl (C=O) groups is 1. The van der Waals surface area contributed by atoms with Gasteiger partial charge in [-0.05, 0) is 40.4 Å². The number of amides is 1. The molecular weight excluding hydrogens is 380 g/mol. The molecule has 25 heavy (non-hydrogen) atoms. The topological polar surface area (TPSA) is 50.5 Å². The lowest BCUT2D eigenvalue weighted by molar-refractivity contribution is 0.0707. The van der Waals surface area contributed by atoms with Crippen molar-refractivity contribution >= 4 is 33.1 Å². The van der Waals surface area contributed by atoms with Crippen molar-refractivity contribution in [3.8, 4) is 0 Å². The Morgan fingerprint density at radius 1 is 1.28 bits per heavy atom. The van der Waals surface area contributed by atoms with Gasteiger partial charge in [-0.25, -0.2) is 9.50 Å². The summed E-state index contributed by atoms with van der Waals surface area (Å²) in [4.78, 5) is 19.2. The van der Waals surface area contributed by atoms with Gasteiger partial charge >= 0.3 is 0 Å². The highest BCUT2D eigenvalue weighted by Gasteiger charge is 2.27. The van der Waals surface area contributed by atoms with Crippen molar-refractivity contribution in [2.45, 2.75) is 19.4 Å². The minimum absolute atomic E-state index is 0.0596. The fourth-order valence-electron chi connectivity index (χ4n) is 3.08. The molecule has 126 valence electrons. The number of carbonyl (C=O) groups excluding carboxylic acids is 1. The molecule has 1 aliphatic heterocycles. The molecule has 0 aliphatic carbocycles. The predicted octanol–water partition coefficient (Wildman–Crippen LogP) is 3.81. The molecule has 1 amide bonds. The van der Waals surface area contributed by atoms with E-state index in [0.717, 1.165) is 16.5 Å². The molecule has 0 N–H and O–H groups in total. The average molecular weight is 397 g/mol. The molecule has 1 atom stereocenters. The zero-order valence-corrected chi connectivity index (χ0v) is 15.3. The van der Waals surface area contributed by atoms with Gasteiger partial charge in [0.05, 0.1) is 4.47 Å². The van der Waals surface area contributed by atoms with Crippen molar-refractivity contribution in [2.75, 3.05) is 6.54 Å². The summed E-state index contributed by atoms with van der Waals surface area (Å²) in [5, 5.41) is 4.39. The molecule has 0 spiro atoms. The van der Waals surface area contributed by atoms with Gasteiger partial charge in [0.1, 0.15) is 0 Å². The molecular formula is C19H17BrN4O. The van der Waals surface area contributed by atoms with Crippen molar-refractivity contribution in [1.29, 1.82) is 0 Å². The van der Waals surface area contributed by atoms with Crippen LogP contribution in [0.25, 0.3) is 11.2 Å². The van der Waals surface area contributed by atoms with E-state index in [-0.39, 0.29) is 11.9 Å². The average Bonchev–Trinajstić information content (AvgIpc) is 3.05. The number of hydrogen-bond donors (Lipinski definition) is 0. The van der Waals surface area contributed by atoms with E-state index in [2.05, 4.69) is 51.1 Å². The van der Waals surface area contributed by atoms with E-state index < -0.39 is 0 Å². The van der Waals surface area contributed by atoms with Gasteiger partial charge in [-0.2, -0.15) is 5.10 Å². The lowest BCUT2D eigenvalue weighted by Gasteiger charge is -2.33. The van der Waals surface area contributed by atoms with Crippen molar-refractivity contribution in [2.24, 2.45) is 0 Å². The maximum absolute atomic E-state index is 13.0. The fourth-order valence-corrected chi connectivity index (χ4v) is 3.38. The second kappa shape index (κ2) is 6.44. The third-order valence-corrected chi connectivity index (χ3v) is 4.89. The zero-order chi connectivity index (χ0) is 17.4. The fraction of sp³-hybridized carbons (Fsp3) is 0.211. The maximum atomic E-state index is 13.0. The Hall–Kier alpha value is -2.47. The van der Waals surface area contributed by atoms with Crippen molar-refractivity contribution < 1.29 is 4.79 Å². The first-order chi connectivity index (χ1) is 12.1. The Balaban J connectivity index is 1.63. The minimum Gasteiger partial charge on any atom is -0.330 e. The SMILES string of the molecule is CC1CC=C(c2ccccc2)CN1C(=O)c1cc2ncc(Br)cn2n1. The third-order valence-electron chi connectivity index (χ3n) is 4.48. The first-order valence-electron chi connectivity index (χ1n) is 8.18. The second-order valence-electron chi connectivity index (χ2n) is 6.22. The lowest BCUT2D eigenvalue weighted by atomic mass is 9.97. The number of halogens is 1. The van der Waals surface area contributed by atoms with Gasteiger partial charge in [-0.1, -0.05) is 36.4 Å². The van der Waals surface area contributed by atoms with Crippen molar-refractivity contribution in [3.63, 3.8) is 0 Å². The zero-order valence-electron chi connectivity index (χ0n) is 13.8. The number of aromatic nitrogens is 3. The van der Waals surface area contributed by atoms with Gasteiger partial charge in [0.25, 0.3) is 5.91 Å². The van der Waals surface area contributed by atoms with E-state index in [9.17, 15) is 4.79 Å². The normalized spacial score (nSPS) is 17.6. The van der Waals surface area contributed by atoms with Crippen LogP contribution in [0.3, 0.4) is 0 Å². The molecule has 0 saturated carbocycles. The maximum Gasteiger partial charge on any atom is 0.275 e. The molecule has 3 heterocycles. The molecule has 5 nitrogen and oxygen atoms in total. The van der Waals surface area contributed by atoms with Gasteiger partial charge < -0.3 is 4.90 Å². The minimum atomic E-state index is -0.0596. The highest BCUT2D eigenvalue weighted by Crippen LogP contribution is 2.25. The van der Waals surface area contributed by atoms with E-state index in [0.29, 0.717) is 17.9 Å². The molecule has 1 aliphatic rings. The van der Waals surface area contributed by atoms with Crippen LogP contribution in [0.4, 0.5) is 0 Å². The number of rotatable bonds is 2. The van der Waals surface area contributed by atoms with Gasteiger partial charge in [-0.3, -0.25) is 4.79 Å². The molecule has 0 bridgehead atoms. The Bertz CT molecular complexity index is 964. The van der Waals surface area contributed by atoms with Crippen LogP contribution in [-0.2, 0) is 0 Å². The Labute approximate surface area is 154 Å². The molecule has 6 heteroatoms. The number of benzene rings is 1. The quantitative estimate of drug-likeness (QED) is 0.661. The van der Waals surface area contributed by atoms with Crippen LogP contribution in [0, 0.1) is 0 Å². The standard InChI is InChI=1S/C19H17BrN4O/c1-13-7-8-15(14-5-3-2-4-6-14)11-23(13)19(25)17-9-18-21-10-16(20)12-24(18)22-17/h2-6,8-10,12-13H,7,11H2,1H3. The van der Waals surface area contributed by atoms with E-state index in [1.807, 2.05) is 23.1 Å². The van der Waals surface area contributed by atoms with E-state index in [4.69, 9.17) is 0 Å². The summed E-state index contributed by atoms with van der Waals surface area (Å²) in [6, 6.07) is 12.1. The van der Waals surface area contributed by atoms with Gasteiger partial charge in [0.15, 0.2) is 11.3 Å². The summed E-state index contributed by atoms with van der Waals surface area (Å²) in [6.07, 6.45) is 6.57. The number of nitrogens with zero attached hydrogens (tertiary/aromatic N) is 4. The molecule has 0 saturated heterocycles. The Morgan fingerprint density at radius 2 is 2.08 bits per heavy atom. The summed E-state index contributed by atoms with van der Waals surface area (Å²) >= 11 is 3.37. The number of fused-ring (bicyclic) bond motifs is 1. The molecule has 0 radical (unpaired) electrons. The van der Waals surface area contributed by atoms with Crippen LogP contribution in [0.2, 0.25) is 0 Å². The first kappa shape index (κ1) is 16.0. The third kappa shape index (κ3) is 3.09. The molecule has 1 aromatic carbocycles. The van der Waals surface area contributed by atoms with E-state index in [1.165, 1.54) is 5.57 Å². The first-order valence-corrected chi connectivity index (χ1v) is 8.97. The highest BCUT2D eigenvalue weighted by molar-refractivity contribution is 9.10. The van der Waals surface area contributed by atoms with Crippen LogP contribution < -0.4 is 0 Å². The van der Waals surface area contributed by atoms with Crippen LogP contribution in [0.1, 0.15) is 29.4 Å². The highest BCUT2D eigenvalue weighted by atomic mass is 79.9. The monoisotopic (exact) mass is 396 g/mol.